The first-order valence-electron chi connectivity index (χ1n) is 6.55. The lowest BCUT2D eigenvalue weighted by atomic mass is 9.60. The lowest BCUT2D eigenvalue weighted by molar-refractivity contribution is -0.113. The number of aliphatic hydroxyl groups is 1. The summed E-state index contributed by atoms with van der Waals surface area (Å²) >= 11 is 0. The third kappa shape index (κ3) is 1.99. The second-order valence-corrected chi connectivity index (χ2v) is 5.86. The van der Waals surface area contributed by atoms with Crippen molar-refractivity contribution in [3.63, 3.8) is 0 Å². The van der Waals surface area contributed by atoms with E-state index in [4.69, 9.17) is 0 Å². The Morgan fingerprint density at radius 3 is 2.94 bits per heavy atom. The van der Waals surface area contributed by atoms with Crippen LogP contribution in [0.5, 0.6) is 0 Å². The molecular formula is C15H22O2. The predicted octanol–water partition coefficient (Wildman–Crippen LogP) is 2.88. The summed E-state index contributed by atoms with van der Waals surface area (Å²) in [6.07, 6.45) is 6.99. The lowest BCUT2D eigenvalue weighted by Gasteiger charge is -2.44. The molecule has 2 nitrogen and oxygen atoms in total. The molecule has 0 radical (unpaired) electrons. The minimum Gasteiger partial charge on any atom is -0.396 e. The van der Waals surface area contributed by atoms with Crippen LogP contribution in [0.15, 0.2) is 23.3 Å². The van der Waals surface area contributed by atoms with Crippen LogP contribution in [0, 0.1) is 17.3 Å². The Labute approximate surface area is 103 Å². The van der Waals surface area contributed by atoms with Gasteiger partial charge in [0.15, 0.2) is 5.78 Å². The minimum absolute atomic E-state index is 0.0111. The fourth-order valence-corrected chi connectivity index (χ4v) is 3.10. The summed E-state index contributed by atoms with van der Waals surface area (Å²) in [6.45, 7) is 6.57. The molecule has 17 heavy (non-hydrogen) atoms. The number of carbonyl (C=O) groups is 1. The van der Waals surface area contributed by atoms with E-state index in [1.54, 1.807) is 6.08 Å². The molecule has 0 aromatic rings. The average Bonchev–Trinajstić information content (AvgIpc) is 2.30. The van der Waals surface area contributed by atoms with Gasteiger partial charge >= 0.3 is 0 Å². The maximum Gasteiger partial charge on any atom is 0.182 e. The quantitative estimate of drug-likeness (QED) is 0.797. The molecule has 0 aromatic heterocycles. The molecule has 0 aliphatic heterocycles. The molecule has 0 aromatic carbocycles. The van der Waals surface area contributed by atoms with Crippen LogP contribution in [-0.2, 0) is 4.79 Å². The van der Waals surface area contributed by atoms with Crippen LogP contribution in [-0.4, -0.2) is 17.5 Å². The van der Waals surface area contributed by atoms with Gasteiger partial charge in [0.2, 0.25) is 0 Å². The van der Waals surface area contributed by atoms with Crippen LogP contribution >= 0.6 is 0 Å². The van der Waals surface area contributed by atoms with Crippen molar-refractivity contribution in [2.45, 2.75) is 40.0 Å². The lowest BCUT2D eigenvalue weighted by Crippen LogP contribution is -2.37. The first kappa shape index (κ1) is 12.6. The molecule has 0 unspecified atom stereocenters. The fourth-order valence-electron chi connectivity index (χ4n) is 3.10. The smallest absolute Gasteiger partial charge is 0.182 e. The summed E-state index contributed by atoms with van der Waals surface area (Å²) in [7, 11) is 0. The fraction of sp³-hybridized carbons (Fsp3) is 0.667. The molecular weight excluding hydrogens is 212 g/mol. The Morgan fingerprint density at radius 2 is 2.29 bits per heavy atom. The van der Waals surface area contributed by atoms with Gasteiger partial charge in [0.05, 0.1) is 0 Å². The highest BCUT2D eigenvalue weighted by Crippen LogP contribution is 2.50. The van der Waals surface area contributed by atoms with E-state index >= 15 is 0 Å². The van der Waals surface area contributed by atoms with Crippen molar-refractivity contribution in [1.82, 2.24) is 0 Å². The summed E-state index contributed by atoms with van der Waals surface area (Å²) in [6, 6.07) is 0. The van der Waals surface area contributed by atoms with E-state index in [1.165, 1.54) is 0 Å². The van der Waals surface area contributed by atoms with E-state index < -0.39 is 0 Å². The third-order valence-electron chi connectivity index (χ3n) is 4.71. The second kappa shape index (κ2) is 4.41. The van der Waals surface area contributed by atoms with Crippen molar-refractivity contribution in [3.8, 4) is 0 Å². The summed E-state index contributed by atoms with van der Waals surface area (Å²) < 4.78 is 0. The molecule has 2 rings (SSSR count). The number of fused-ring (bicyclic) bond motifs is 1. The standard InChI is InChI=1S/C15H22O2/c1-10(9-16)12-7-14(17)13-6-4-5-11(2)15(13,3)8-12/h6-7,10-11,16H,4-5,8-9H2,1-3H3/t10-,11+,15-/m1/s1. The van der Waals surface area contributed by atoms with Gasteiger partial charge in [0.25, 0.3) is 0 Å². The SMILES string of the molecule is C[C@H](CO)C1=CC(=O)C2=CCC[C@H](C)[C@@]2(C)C1. The Bertz CT molecular complexity index is 392. The van der Waals surface area contributed by atoms with E-state index in [-0.39, 0.29) is 23.7 Å². The van der Waals surface area contributed by atoms with Gasteiger partial charge in [-0.05, 0) is 31.3 Å². The minimum atomic E-state index is -0.0111. The number of aliphatic hydroxyl groups excluding tert-OH is 1. The monoisotopic (exact) mass is 234 g/mol. The van der Waals surface area contributed by atoms with Gasteiger partial charge in [-0.15, -0.1) is 0 Å². The Balaban J connectivity index is 2.39. The van der Waals surface area contributed by atoms with E-state index in [0.29, 0.717) is 5.92 Å². The van der Waals surface area contributed by atoms with E-state index in [9.17, 15) is 9.90 Å². The van der Waals surface area contributed by atoms with E-state index in [1.807, 2.05) is 6.92 Å². The molecule has 2 aliphatic carbocycles. The number of allylic oxidation sites excluding steroid dienone is 3. The van der Waals surface area contributed by atoms with Crippen molar-refractivity contribution in [3.05, 3.63) is 23.3 Å². The molecule has 0 fully saturated rings. The van der Waals surface area contributed by atoms with Crippen molar-refractivity contribution < 1.29 is 9.90 Å². The number of carbonyl (C=O) groups excluding carboxylic acids is 1. The van der Waals surface area contributed by atoms with Crippen molar-refractivity contribution >= 4 is 5.78 Å². The molecule has 0 saturated heterocycles. The molecule has 94 valence electrons. The molecule has 0 heterocycles. The first-order chi connectivity index (χ1) is 7.99. The molecule has 1 N–H and O–H groups in total. The van der Waals surface area contributed by atoms with Crippen LogP contribution in [0.3, 0.4) is 0 Å². The summed E-state index contributed by atoms with van der Waals surface area (Å²) in [5.41, 5.74) is 2.11. The van der Waals surface area contributed by atoms with Gasteiger partial charge in [0, 0.05) is 23.5 Å². The van der Waals surface area contributed by atoms with Crippen LogP contribution in [0.1, 0.15) is 40.0 Å². The zero-order chi connectivity index (χ0) is 12.6. The molecule has 0 bridgehead atoms. The Hall–Kier alpha value is -0.890. The normalized spacial score (nSPS) is 34.8. The Morgan fingerprint density at radius 1 is 1.59 bits per heavy atom. The van der Waals surface area contributed by atoms with Crippen LogP contribution in [0.25, 0.3) is 0 Å². The highest BCUT2D eigenvalue weighted by Gasteiger charge is 2.43. The van der Waals surface area contributed by atoms with Crippen LogP contribution in [0.2, 0.25) is 0 Å². The topological polar surface area (TPSA) is 37.3 Å². The summed E-state index contributed by atoms with van der Waals surface area (Å²) in [5, 5.41) is 9.25. The maximum absolute atomic E-state index is 12.2. The van der Waals surface area contributed by atoms with Crippen molar-refractivity contribution in [2.75, 3.05) is 6.61 Å². The van der Waals surface area contributed by atoms with Crippen molar-refractivity contribution in [2.24, 2.45) is 17.3 Å². The zero-order valence-electron chi connectivity index (χ0n) is 11.0. The Kier molecular flexibility index (Phi) is 3.26. The van der Waals surface area contributed by atoms with E-state index in [2.05, 4.69) is 19.9 Å². The summed E-state index contributed by atoms with van der Waals surface area (Å²) in [5.74, 6) is 0.813. The summed E-state index contributed by atoms with van der Waals surface area (Å²) in [4.78, 5) is 12.2. The highest BCUT2D eigenvalue weighted by molar-refractivity contribution is 6.06. The number of hydrogen-bond acceptors (Lipinski definition) is 2. The number of ketones is 1. The van der Waals surface area contributed by atoms with Gasteiger partial charge in [-0.1, -0.05) is 32.4 Å². The highest BCUT2D eigenvalue weighted by atomic mass is 16.3. The van der Waals surface area contributed by atoms with Crippen molar-refractivity contribution in [1.29, 1.82) is 0 Å². The largest absolute Gasteiger partial charge is 0.396 e. The number of rotatable bonds is 2. The first-order valence-corrected chi connectivity index (χ1v) is 6.55. The van der Waals surface area contributed by atoms with E-state index in [0.717, 1.165) is 30.4 Å². The zero-order valence-corrected chi connectivity index (χ0v) is 11.0. The van der Waals surface area contributed by atoms with Crippen LogP contribution < -0.4 is 0 Å². The molecule has 2 aliphatic rings. The number of hydrogen-bond donors (Lipinski definition) is 1. The van der Waals surface area contributed by atoms with Crippen LogP contribution in [0.4, 0.5) is 0 Å². The average molecular weight is 234 g/mol. The molecule has 0 saturated carbocycles. The van der Waals surface area contributed by atoms with Gasteiger partial charge < -0.3 is 5.11 Å². The maximum atomic E-state index is 12.2. The second-order valence-electron chi connectivity index (χ2n) is 5.86. The van der Waals surface area contributed by atoms with Gasteiger partial charge in [-0.25, -0.2) is 0 Å². The molecule has 2 heteroatoms. The third-order valence-corrected chi connectivity index (χ3v) is 4.71. The van der Waals surface area contributed by atoms with Gasteiger partial charge in [0.1, 0.15) is 0 Å². The predicted molar refractivity (Wildman–Crippen MR) is 68.5 cm³/mol. The van der Waals surface area contributed by atoms with Gasteiger partial charge in [-0.3, -0.25) is 4.79 Å². The molecule has 0 spiro atoms. The molecule has 0 amide bonds. The van der Waals surface area contributed by atoms with Gasteiger partial charge in [-0.2, -0.15) is 0 Å². The molecule has 3 atom stereocenters.